The first kappa shape index (κ1) is 16.1. The monoisotopic (exact) mass is 338 g/mol. The SMILES string of the molecule is COc1ccc(-c2cc(C(=O)c3ccccc3)c3ccccc3c2)cc1. The van der Waals surface area contributed by atoms with Crippen LogP contribution in [-0.4, -0.2) is 12.9 Å². The lowest BCUT2D eigenvalue weighted by molar-refractivity contribution is 0.104. The second kappa shape index (κ2) is 6.85. The van der Waals surface area contributed by atoms with Crippen molar-refractivity contribution in [1.82, 2.24) is 0 Å². The number of hydrogen-bond donors (Lipinski definition) is 0. The second-order valence-corrected chi connectivity index (χ2v) is 6.17. The van der Waals surface area contributed by atoms with E-state index < -0.39 is 0 Å². The summed E-state index contributed by atoms with van der Waals surface area (Å²) in [6, 6.07) is 29.4. The Hall–Kier alpha value is -3.39. The van der Waals surface area contributed by atoms with Crippen LogP contribution in [0.2, 0.25) is 0 Å². The van der Waals surface area contributed by atoms with Gasteiger partial charge in [0.25, 0.3) is 0 Å². The first-order chi connectivity index (χ1) is 12.8. The van der Waals surface area contributed by atoms with Crippen LogP contribution in [0.25, 0.3) is 21.9 Å². The molecule has 0 aliphatic rings. The van der Waals surface area contributed by atoms with E-state index in [-0.39, 0.29) is 5.78 Å². The number of ketones is 1. The van der Waals surface area contributed by atoms with Crippen LogP contribution in [0.1, 0.15) is 15.9 Å². The maximum absolute atomic E-state index is 13.1. The Morgan fingerprint density at radius 3 is 2.15 bits per heavy atom. The van der Waals surface area contributed by atoms with Gasteiger partial charge in [0.15, 0.2) is 5.78 Å². The summed E-state index contributed by atoms with van der Waals surface area (Å²) in [5.41, 5.74) is 3.49. The van der Waals surface area contributed by atoms with Crippen molar-refractivity contribution in [3.63, 3.8) is 0 Å². The zero-order valence-corrected chi connectivity index (χ0v) is 14.5. The minimum atomic E-state index is 0.0390. The molecule has 0 aliphatic heterocycles. The van der Waals surface area contributed by atoms with Gasteiger partial charge < -0.3 is 4.74 Å². The molecule has 0 unspecified atom stereocenters. The maximum atomic E-state index is 13.1. The van der Waals surface area contributed by atoms with Gasteiger partial charge in [-0.15, -0.1) is 0 Å². The molecule has 0 spiro atoms. The van der Waals surface area contributed by atoms with Crippen molar-refractivity contribution in [2.24, 2.45) is 0 Å². The van der Waals surface area contributed by atoms with Crippen molar-refractivity contribution >= 4 is 16.6 Å². The number of rotatable bonds is 4. The minimum absolute atomic E-state index is 0.0390. The molecule has 4 aromatic carbocycles. The number of benzene rings is 4. The Kier molecular flexibility index (Phi) is 4.24. The molecule has 26 heavy (non-hydrogen) atoms. The first-order valence-corrected chi connectivity index (χ1v) is 8.53. The summed E-state index contributed by atoms with van der Waals surface area (Å²) in [6.45, 7) is 0. The second-order valence-electron chi connectivity index (χ2n) is 6.17. The lowest BCUT2D eigenvalue weighted by Crippen LogP contribution is -2.02. The van der Waals surface area contributed by atoms with Gasteiger partial charge in [-0.3, -0.25) is 4.79 Å². The average Bonchev–Trinajstić information content (AvgIpc) is 2.73. The third kappa shape index (κ3) is 2.98. The fraction of sp³-hybridized carbons (Fsp3) is 0.0417. The smallest absolute Gasteiger partial charge is 0.193 e. The number of carbonyl (C=O) groups is 1. The van der Waals surface area contributed by atoms with E-state index in [2.05, 4.69) is 6.07 Å². The Labute approximate surface area is 152 Å². The molecule has 2 heteroatoms. The van der Waals surface area contributed by atoms with Gasteiger partial charge in [0.1, 0.15) is 5.75 Å². The molecular formula is C24H18O2. The molecule has 0 N–H and O–H groups in total. The van der Waals surface area contributed by atoms with Gasteiger partial charge in [-0.25, -0.2) is 0 Å². The van der Waals surface area contributed by atoms with Crippen molar-refractivity contribution in [2.75, 3.05) is 7.11 Å². The first-order valence-electron chi connectivity index (χ1n) is 8.53. The van der Waals surface area contributed by atoms with E-state index in [1.165, 1.54) is 0 Å². The predicted molar refractivity (Wildman–Crippen MR) is 106 cm³/mol. The Morgan fingerprint density at radius 1 is 0.731 bits per heavy atom. The van der Waals surface area contributed by atoms with E-state index in [1.54, 1.807) is 7.11 Å². The quantitative estimate of drug-likeness (QED) is 0.443. The van der Waals surface area contributed by atoms with Gasteiger partial charge >= 0.3 is 0 Å². The largest absolute Gasteiger partial charge is 0.497 e. The van der Waals surface area contributed by atoms with E-state index in [0.29, 0.717) is 5.56 Å². The highest BCUT2D eigenvalue weighted by atomic mass is 16.5. The van der Waals surface area contributed by atoms with Gasteiger partial charge in [0.05, 0.1) is 7.11 Å². The fourth-order valence-electron chi connectivity index (χ4n) is 3.19. The summed E-state index contributed by atoms with van der Waals surface area (Å²) in [4.78, 5) is 13.1. The number of hydrogen-bond acceptors (Lipinski definition) is 2. The normalized spacial score (nSPS) is 10.7. The molecule has 0 aromatic heterocycles. The third-order valence-corrected chi connectivity index (χ3v) is 4.57. The topological polar surface area (TPSA) is 26.3 Å². The molecule has 0 heterocycles. The molecule has 0 saturated heterocycles. The van der Waals surface area contributed by atoms with Crippen LogP contribution >= 0.6 is 0 Å². The summed E-state index contributed by atoms with van der Waals surface area (Å²) in [7, 11) is 1.65. The summed E-state index contributed by atoms with van der Waals surface area (Å²) in [5.74, 6) is 0.854. The van der Waals surface area contributed by atoms with E-state index in [0.717, 1.165) is 33.2 Å². The van der Waals surface area contributed by atoms with Crippen LogP contribution in [0.3, 0.4) is 0 Å². The van der Waals surface area contributed by atoms with Crippen molar-refractivity contribution in [3.8, 4) is 16.9 Å². The highest BCUT2D eigenvalue weighted by Gasteiger charge is 2.14. The predicted octanol–water partition coefficient (Wildman–Crippen LogP) is 5.75. The van der Waals surface area contributed by atoms with Crippen LogP contribution < -0.4 is 4.74 Å². The number of methoxy groups -OCH3 is 1. The van der Waals surface area contributed by atoms with E-state index in [9.17, 15) is 4.79 Å². The average molecular weight is 338 g/mol. The van der Waals surface area contributed by atoms with Crippen LogP contribution in [0, 0.1) is 0 Å². The van der Waals surface area contributed by atoms with Crippen LogP contribution in [-0.2, 0) is 0 Å². The maximum Gasteiger partial charge on any atom is 0.193 e. The van der Waals surface area contributed by atoms with Crippen molar-refractivity contribution in [3.05, 3.63) is 102 Å². The lowest BCUT2D eigenvalue weighted by Gasteiger charge is -2.11. The highest BCUT2D eigenvalue weighted by molar-refractivity contribution is 6.17. The van der Waals surface area contributed by atoms with Crippen molar-refractivity contribution < 1.29 is 9.53 Å². The lowest BCUT2D eigenvalue weighted by atomic mass is 9.92. The van der Waals surface area contributed by atoms with E-state index in [4.69, 9.17) is 4.74 Å². The third-order valence-electron chi connectivity index (χ3n) is 4.57. The molecule has 0 aliphatic carbocycles. The van der Waals surface area contributed by atoms with Gasteiger partial charge in [0.2, 0.25) is 0 Å². The summed E-state index contributed by atoms with van der Waals surface area (Å²) < 4.78 is 5.24. The molecule has 4 aromatic rings. The number of carbonyl (C=O) groups excluding carboxylic acids is 1. The zero-order chi connectivity index (χ0) is 17.9. The molecule has 2 nitrogen and oxygen atoms in total. The van der Waals surface area contributed by atoms with Gasteiger partial charge in [0, 0.05) is 11.1 Å². The Balaban J connectivity index is 1.89. The summed E-state index contributed by atoms with van der Waals surface area (Å²) in [6.07, 6.45) is 0. The number of ether oxygens (including phenoxy) is 1. The molecule has 0 fully saturated rings. The van der Waals surface area contributed by atoms with Gasteiger partial charge in [-0.2, -0.15) is 0 Å². The Bertz CT molecular complexity index is 1060. The highest BCUT2D eigenvalue weighted by Crippen LogP contribution is 2.30. The van der Waals surface area contributed by atoms with Crippen LogP contribution in [0.5, 0.6) is 5.75 Å². The number of fused-ring (bicyclic) bond motifs is 1. The molecule has 4 rings (SSSR count). The van der Waals surface area contributed by atoms with Gasteiger partial charge in [-0.05, 0) is 46.2 Å². The van der Waals surface area contributed by atoms with Crippen LogP contribution in [0.4, 0.5) is 0 Å². The molecule has 0 radical (unpaired) electrons. The summed E-state index contributed by atoms with van der Waals surface area (Å²) >= 11 is 0. The van der Waals surface area contributed by atoms with Crippen LogP contribution in [0.15, 0.2) is 91.0 Å². The standard InChI is InChI=1S/C24H18O2/c1-26-21-13-11-17(12-14-21)20-15-19-9-5-6-10-22(19)23(16-20)24(25)18-7-3-2-4-8-18/h2-16H,1H3. The van der Waals surface area contributed by atoms with Gasteiger partial charge in [-0.1, -0.05) is 66.7 Å². The molecule has 0 saturated carbocycles. The summed E-state index contributed by atoms with van der Waals surface area (Å²) in [5, 5.41) is 2.03. The molecule has 0 amide bonds. The molecule has 126 valence electrons. The Morgan fingerprint density at radius 2 is 1.42 bits per heavy atom. The molecule has 0 atom stereocenters. The van der Waals surface area contributed by atoms with Crippen molar-refractivity contribution in [2.45, 2.75) is 0 Å². The molecule has 0 bridgehead atoms. The van der Waals surface area contributed by atoms with Crippen molar-refractivity contribution in [1.29, 1.82) is 0 Å². The molecular weight excluding hydrogens is 320 g/mol. The fourth-order valence-corrected chi connectivity index (χ4v) is 3.19. The van der Waals surface area contributed by atoms with E-state index in [1.807, 2.05) is 84.9 Å². The van der Waals surface area contributed by atoms with E-state index >= 15 is 0 Å². The minimum Gasteiger partial charge on any atom is -0.497 e. The zero-order valence-electron chi connectivity index (χ0n) is 14.5.